The minimum absolute atomic E-state index is 1.00. The van der Waals surface area contributed by atoms with Crippen LogP contribution in [0.15, 0.2) is 231 Å². The molecule has 58 heavy (non-hydrogen) atoms. The van der Waals surface area contributed by atoms with Gasteiger partial charge in [0.1, 0.15) is 0 Å². The fourth-order valence-electron chi connectivity index (χ4n) is 7.35. The Morgan fingerprint density at radius 2 is 0.586 bits per heavy atom. The van der Waals surface area contributed by atoms with Gasteiger partial charge in [0.15, 0.2) is 0 Å². The van der Waals surface area contributed by atoms with E-state index in [4.69, 9.17) is 0 Å². The van der Waals surface area contributed by atoms with E-state index in [0.717, 1.165) is 59.8 Å². The van der Waals surface area contributed by atoms with E-state index >= 15 is 0 Å². The molecule has 0 heterocycles. The molecule has 0 aliphatic carbocycles. The van der Waals surface area contributed by atoms with E-state index in [1.165, 1.54) is 33.4 Å². The summed E-state index contributed by atoms with van der Waals surface area (Å²) in [5.74, 6) is 0. The molecule has 0 saturated carbocycles. The third-order valence-corrected chi connectivity index (χ3v) is 10.4. The van der Waals surface area contributed by atoms with Crippen LogP contribution in [-0.4, -0.2) is 0 Å². The molecule has 8 rings (SSSR count). The van der Waals surface area contributed by atoms with Crippen LogP contribution in [0.2, 0.25) is 0 Å². The summed E-state index contributed by atoms with van der Waals surface area (Å²) in [5.41, 5.74) is 14.3. The minimum atomic E-state index is 1.00. The van der Waals surface area contributed by atoms with Gasteiger partial charge in [-0.05, 0) is 132 Å². The van der Waals surface area contributed by atoms with Crippen molar-refractivity contribution in [3.8, 4) is 11.1 Å². The second kappa shape index (κ2) is 19.1. The Balaban J connectivity index is 0.971. The van der Waals surface area contributed by atoms with Gasteiger partial charge in [0.25, 0.3) is 0 Å². The number of aryl methyl sites for hydroxylation is 2. The Morgan fingerprint density at radius 1 is 0.276 bits per heavy atom. The third kappa shape index (κ3) is 9.79. The summed E-state index contributed by atoms with van der Waals surface area (Å²) in [4.78, 5) is 4.65. The van der Waals surface area contributed by atoms with Gasteiger partial charge in [-0.25, -0.2) is 0 Å². The van der Waals surface area contributed by atoms with E-state index in [0.29, 0.717) is 0 Å². The Bertz CT molecular complexity index is 2490. The topological polar surface area (TPSA) is 6.48 Å². The number of hydrogen-bond acceptors (Lipinski definition) is 2. The number of para-hydroxylation sites is 2. The highest BCUT2D eigenvalue weighted by Gasteiger charge is 2.15. The van der Waals surface area contributed by atoms with E-state index in [-0.39, 0.29) is 0 Å². The summed E-state index contributed by atoms with van der Waals surface area (Å²) in [5, 5.41) is 0. The van der Waals surface area contributed by atoms with Crippen molar-refractivity contribution >= 4 is 46.3 Å². The van der Waals surface area contributed by atoms with E-state index in [2.05, 4.69) is 252 Å². The van der Waals surface area contributed by atoms with Crippen molar-refractivity contribution in [2.24, 2.45) is 0 Å². The van der Waals surface area contributed by atoms with Crippen molar-refractivity contribution in [3.05, 3.63) is 253 Å². The third-order valence-electron chi connectivity index (χ3n) is 10.4. The quantitative estimate of drug-likeness (QED) is 0.103. The molecule has 282 valence electrons. The first-order chi connectivity index (χ1) is 28.8. The number of rotatable bonds is 15. The van der Waals surface area contributed by atoms with Crippen molar-refractivity contribution in [1.82, 2.24) is 0 Å². The predicted octanol–water partition coefficient (Wildman–Crippen LogP) is 15.6. The SMILES string of the molecule is C(=C\c1ccc(N(c2ccccc2)c2ccc(-c3ccc(N(c4ccccc4)c4ccc(CC/C=C/c5ccccc5)cc4)cc3)cc2)cc1)/CCc1ccccc1. The standard InChI is InChI=1S/C56H48N2/c1-5-17-45(18-6-1)21-13-15-23-47-29-37-53(38-30-47)57(51-25-9-3-10-26-51)55-41-33-49(34-42-55)50-35-43-56(44-36-50)58(52-27-11-4-12-28-52)54-39-31-48(32-40-54)24-16-14-22-46-19-7-2-8-20-46/h1-13,16-21,24-44H,14-15,22-23H2/b21-13+,24-16+. The lowest BCUT2D eigenvalue weighted by Crippen LogP contribution is -2.10. The Hall–Kier alpha value is -7.16. The lowest BCUT2D eigenvalue weighted by molar-refractivity contribution is 1.00. The highest BCUT2D eigenvalue weighted by Crippen LogP contribution is 2.38. The lowest BCUT2D eigenvalue weighted by Gasteiger charge is -2.26. The summed E-state index contributed by atoms with van der Waals surface area (Å²) < 4.78 is 0. The maximum Gasteiger partial charge on any atom is 0.0462 e. The van der Waals surface area contributed by atoms with Crippen LogP contribution in [0.1, 0.15) is 35.1 Å². The highest BCUT2D eigenvalue weighted by atomic mass is 15.1. The molecular formula is C56H48N2. The smallest absolute Gasteiger partial charge is 0.0462 e. The maximum atomic E-state index is 2.33. The summed E-state index contributed by atoms with van der Waals surface area (Å²) in [7, 11) is 0. The Morgan fingerprint density at radius 3 is 1.02 bits per heavy atom. The number of nitrogens with zero attached hydrogens (tertiary/aromatic N) is 2. The van der Waals surface area contributed by atoms with Gasteiger partial charge in [-0.2, -0.15) is 0 Å². The van der Waals surface area contributed by atoms with Gasteiger partial charge in [-0.1, -0.05) is 170 Å². The molecule has 0 fully saturated rings. The van der Waals surface area contributed by atoms with Crippen LogP contribution in [0, 0.1) is 0 Å². The van der Waals surface area contributed by atoms with Crippen LogP contribution in [0.5, 0.6) is 0 Å². The molecule has 0 spiro atoms. The zero-order chi connectivity index (χ0) is 39.2. The first-order valence-electron chi connectivity index (χ1n) is 20.3. The molecule has 0 bridgehead atoms. The van der Waals surface area contributed by atoms with Gasteiger partial charge in [0.05, 0.1) is 0 Å². The molecule has 0 aliphatic heterocycles. The second-order valence-corrected chi connectivity index (χ2v) is 14.5. The molecule has 0 radical (unpaired) electrons. The second-order valence-electron chi connectivity index (χ2n) is 14.5. The largest absolute Gasteiger partial charge is 0.311 e. The van der Waals surface area contributed by atoms with Crippen LogP contribution in [0.25, 0.3) is 23.3 Å². The van der Waals surface area contributed by atoms with Crippen molar-refractivity contribution in [1.29, 1.82) is 0 Å². The molecule has 0 N–H and O–H groups in total. The molecule has 0 aliphatic rings. The molecule has 2 nitrogen and oxygen atoms in total. The molecule has 0 amide bonds. The fourth-order valence-corrected chi connectivity index (χ4v) is 7.35. The van der Waals surface area contributed by atoms with Gasteiger partial charge in [0, 0.05) is 34.1 Å². The summed E-state index contributed by atoms with van der Waals surface area (Å²) in [6, 6.07) is 78.1. The first-order valence-corrected chi connectivity index (χ1v) is 20.3. The maximum absolute atomic E-state index is 2.33. The van der Waals surface area contributed by atoms with Crippen molar-refractivity contribution in [2.45, 2.75) is 25.7 Å². The summed E-state index contributed by atoms with van der Waals surface area (Å²) in [6.07, 6.45) is 13.0. The molecular weight excluding hydrogens is 701 g/mol. The number of benzene rings is 8. The van der Waals surface area contributed by atoms with E-state index in [1.807, 2.05) is 0 Å². The van der Waals surface area contributed by atoms with Gasteiger partial charge in [-0.3, -0.25) is 0 Å². The molecule has 0 unspecified atom stereocenters. The predicted molar refractivity (Wildman–Crippen MR) is 249 cm³/mol. The van der Waals surface area contributed by atoms with E-state index in [1.54, 1.807) is 0 Å². The summed E-state index contributed by atoms with van der Waals surface area (Å²) >= 11 is 0. The molecule has 0 saturated heterocycles. The molecule has 2 heteroatoms. The zero-order valence-corrected chi connectivity index (χ0v) is 32.8. The van der Waals surface area contributed by atoms with Crippen LogP contribution in [0.4, 0.5) is 34.1 Å². The Labute approximate surface area is 344 Å². The van der Waals surface area contributed by atoms with Crippen LogP contribution < -0.4 is 9.80 Å². The normalized spacial score (nSPS) is 11.2. The molecule has 8 aromatic rings. The van der Waals surface area contributed by atoms with Gasteiger partial charge < -0.3 is 9.80 Å². The lowest BCUT2D eigenvalue weighted by atomic mass is 10.0. The van der Waals surface area contributed by atoms with Crippen LogP contribution in [-0.2, 0) is 12.8 Å². The monoisotopic (exact) mass is 748 g/mol. The number of allylic oxidation sites excluding steroid dienone is 2. The van der Waals surface area contributed by atoms with Gasteiger partial charge >= 0.3 is 0 Å². The molecule has 0 atom stereocenters. The average molecular weight is 749 g/mol. The fraction of sp³-hybridized carbons (Fsp3) is 0.0714. The molecule has 0 aromatic heterocycles. The highest BCUT2D eigenvalue weighted by molar-refractivity contribution is 5.81. The van der Waals surface area contributed by atoms with Crippen molar-refractivity contribution < 1.29 is 0 Å². The van der Waals surface area contributed by atoms with Crippen molar-refractivity contribution in [3.63, 3.8) is 0 Å². The van der Waals surface area contributed by atoms with Crippen LogP contribution >= 0.6 is 0 Å². The Kier molecular flexibility index (Phi) is 12.4. The zero-order valence-electron chi connectivity index (χ0n) is 32.8. The number of hydrogen-bond donors (Lipinski definition) is 0. The first kappa shape index (κ1) is 37.7. The van der Waals surface area contributed by atoms with Crippen molar-refractivity contribution in [2.75, 3.05) is 9.80 Å². The minimum Gasteiger partial charge on any atom is -0.311 e. The van der Waals surface area contributed by atoms with Gasteiger partial charge in [0.2, 0.25) is 0 Å². The van der Waals surface area contributed by atoms with Crippen LogP contribution in [0.3, 0.4) is 0 Å². The summed E-state index contributed by atoms with van der Waals surface area (Å²) in [6.45, 7) is 0. The van der Waals surface area contributed by atoms with Gasteiger partial charge in [-0.15, -0.1) is 0 Å². The van der Waals surface area contributed by atoms with E-state index < -0.39 is 0 Å². The van der Waals surface area contributed by atoms with E-state index in [9.17, 15) is 0 Å². The average Bonchev–Trinajstić information content (AvgIpc) is 3.30. The number of anilines is 6. The molecule has 8 aromatic carbocycles.